The number of hydrogen-bond acceptors (Lipinski definition) is 5. The van der Waals surface area contributed by atoms with E-state index in [9.17, 15) is 9.59 Å². The maximum absolute atomic E-state index is 12.1. The summed E-state index contributed by atoms with van der Waals surface area (Å²) in [6, 6.07) is 13.8. The van der Waals surface area contributed by atoms with Crippen molar-refractivity contribution in [2.45, 2.75) is 6.92 Å². The van der Waals surface area contributed by atoms with Crippen LogP contribution >= 0.6 is 0 Å². The van der Waals surface area contributed by atoms with Crippen LogP contribution in [0.15, 0.2) is 48.7 Å². The molecule has 0 saturated heterocycles. The Kier molecular flexibility index (Phi) is 5.42. The van der Waals surface area contributed by atoms with E-state index in [1.807, 2.05) is 19.1 Å². The van der Waals surface area contributed by atoms with E-state index in [1.54, 1.807) is 36.4 Å². The third-order valence-electron chi connectivity index (χ3n) is 3.09. The van der Waals surface area contributed by atoms with Crippen LogP contribution in [-0.2, 0) is 9.59 Å². The van der Waals surface area contributed by atoms with Crippen molar-refractivity contribution in [3.8, 4) is 11.8 Å². The molecule has 2 aromatic rings. The van der Waals surface area contributed by atoms with Crippen molar-refractivity contribution in [1.29, 1.82) is 5.26 Å². The number of nitrogens with one attached hydrogen (secondary N) is 1. The largest absolute Gasteiger partial charge is 0.485 e. The van der Waals surface area contributed by atoms with E-state index in [0.29, 0.717) is 5.75 Å². The van der Waals surface area contributed by atoms with Crippen molar-refractivity contribution in [1.82, 2.24) is 4.98 Å². The first-order valence-corrected chi connectivity index (χ1v) is 6.94. The lowest BCUT2D eigenvalue weighted by Gasteiger charge is -2.11. The zero-order valence-corrected chi connectivity index (χ0v) is 12.5. The van der Waals surface area contributed by atoms with Crippen LogP contribution in [0.3, 0.4) is 0 Å². The van der Waals surface area contributed by atoms with Gasteiger partial charge in [0.05, 0.1) is 6.07 Å². The number of para-hydroxylation sites is 1. The zero-order valence-electron chi connectivity index (χ0n) is 12.5. The summed E-state index contributed by atoms with van der Waals surface area (Å²) in [6.07, 6.45) is 1.50. The van der Waals surface area contributed by atoms with Crippen molar-refractivity contribution in [3.05, 3.63) is 54.2 Å². The van der Waals surface area contributed by atoms with Crippen LogP contribution in [0.25, 0.3) is 0 Å². The molecule has 0 fully saturated rings. The maximum atomic E-state index is 12.1. The predicted molar refractivity (Wildman–Crippen MR) is 83.7 cm³/mol. The van der Waals surface area contributed by atoms with E-state index in [0.717, 1.165) is 5.56 Å². The second-order valence-corrected chi connectivity index (χ2v) is 4.79. The van der Waals surface area contributed by atoms with E-state index < -0.39 is 17.6 Å². The average Bonchev–Trinajstić information content (AvgIpc) is 2.55. The number of ketones is 1. The van der Waals surface area contributed by atoms with Crippen LogP contribution < -0.4 is 10.1 Å². The Morgan fingerprint density at radius 1 is 1.26 bits per heavy atom. The van der Waals surface area contributed by atoms with E-state index >= 15 is 0 Å². The van der Waals surface area contributed by atoms with Crippen LogP contribution in [0.5, 0.6) is 5.75 Å². The molecule has 6 nitrogen and oxygen atoms in total. The molecule has 2 rings (SSSR count). The number of benzene rings is 1. The molecule has 0 bridgehead atoms. The van der Waals surface area contributed by atoms with Gasteiger partial charge >= 0.3 is 0 Å². The molecule has 1 aromatic heterocycles. The summed E-state index contributed by atoms with van der Waals surface area (Å²) >= 11 is 0. The Balaban J connectivity index is 1.97. The molecule has 0 aliphatic carbocycles. The Morgan fingerprint density at radius 3 is 2.65 bits per heavy atom. The first kappa shape index (κ1) is 16.2. The molecule has 23 heavy (non-hydrogen) atoms. The van der Waals surface area contributed by atoms with Gasteiger partial charge < -0.3 is 10.1 Å². The van der Waals surface area contributed by atoms with Gasteiger partial charge in [0.1, 0.15) is 18.2 Å². The summed E-state index contributed by atoms with van der Waals surface area (Å²) in [5, 5.41) is 11.5. The van der Waals surface area contributed by atoms with Crippen molar-refractivity contribution < 1.29 is 14.3 Å². The summed E-state index contributed by atoms with van der Waals surface area (Å²) in [4.78, 5) is 28.0. The van der Waals surface area contributed by atoms with Crippen molar-refractivity contribution in [2.75, 3.05) is 11.9 Å². The highest BCUT2D eigenvalue weighted by Crippen LogP contribution is 2.16. The molecular formula is C17H15N3O3. The number of aryl methyl sites for hydroxylation is 1. The highest BCUT2D eigenvalue weighted by Gasteiger charge is 2.27. The molecule has 0 saturated carbocycles. The van der Waals surface area contributed by atoms with Gasteiger partial charge in [0.15, 0.2) is 11.7 Å². The van der Waals surface area contributed by atoms with Crippen LogP contribution in [-0.4, -0.2) is 23.3 Å². The summed E-state index contributed by atoms with van der Waals surface area (Å²) in [7, 11) is 0. The smallest absolute Gasteiger partial charge is 0.250 e. The van der Waals surface area contributed by atoms with Crippen LogP contribution in [0, 0.1) is 24.2 Å². The van der Waals surface area contributed by atoms with E-state index in [-0.39, 0.29) is 12.4 Å². The number of rotatable bonds is 6. The van der Waals surface area contributed by atoms with E-state index in [4.69, 9.17) is 10.00 Å². The lowest BCUT2D eigenvalue weighted by atomic mass is 10.1. The molecule has 0 unspecified atom stereocenters. The molecule has 1 heterocycles. The maximum Gasteiger partial charge on any atom is 0.250 e. The van der Waals surface area contributed by atoms with Gasteiger partial charge in [0.2, 0.25) is 0 Å². The number of aromatic nitrogens is 1. The fourth-order valence-electron chi connectivity index (χ4n) is 1.86. The number of anilines is 1. The SMILES string of the molecule is Cc1ccccc1OCC(=O)[C@@H](C#N)C(=O)Nc1ccccn1. The first-order valence-electron chi connectivity index (χ1n) is 6.94. The molecule has 1 amide bonds. The number of carbonyl (C=O) groups is 2. The summed E-state index contributed by atoms with van der Waals surface area (Å²) in [6.45, 7) is 1.49. The number of carbonyl (C=O) groups excluding carboxylic acids is 2. The quantitative estimate of drug-likeness (QED) is 0.825. The van der Waals surface area contributed by atoms with Crippen molar-refractivity contribution >= 4 is 17.5 Å². The lowest BCUT2D eigenvalue weighted by molar-refractivity contribution is -0.130. The highest BCUT2D eigenvalue weighted by atomic mass is 16.5. The molecule has 6 heteroatoms. The number of Topliss-reactive ketones (excluding diaryl/α,β-unsaturated/α-hetero) is 1. The minimum atomic E-state index is -1.44. The zero-order chi connectivity index (χ0) is 16.7. The van der Waals surface area contributed by atoms with Gasteiger partial charge in [-0.3, -0.25) is 9.59 Å². The average molecular weight is 309 g/mol. The Labute approximate surface area is 133 Å². The highest BCUT2D eigenvalue weighted by molar-refractivity contribution is 6.09. The van der Waals surface area contributed by atoms with E-state index in [2.05, 4.69) is 10.3 Å². The Hall–Kier alpha value is -3.20. The summed E-state index contributed by atoms with van der Waals surface area (Å²) in [5.74, 6) is -1.94. The number of hydrogen-bond donors (Lipinski definition) is 1. The summed E-state index contributed by atoms with van der Waals surface area (Å²) < 4.78 is 5.39. The Bertz CT molecular complexity index is 738. The first-order chi connectivity index (χ1) is 11.1. The molecule has 0 spiro atoms. The molecule has 1 N–H and O–H groups in total. The number of nitriles is 1. The van der Waals surface area contributed by atoms with Gasteiger partial charge in [-0.1, -0.05) is 24.3 Å². The fraction of sp³-hybridized carbons (Fsp3) is 0.176. The lowest BCUT2D eigenvalue weighted by Crippen LogP contribution is -2.32. The van der Waals surface area contributed by atoms with Gasteiger partial charge in [0, 0.05) is 6.20 Å². The summed E-state index contributed by atoms with van der Waals surface area (Å²) in [5.41, 5.74) is 0.867. The van der Waals surface area contributed by atoms with Gasteiger partial charge in [-0.15, -0.1) is 0 Å². The number of amides is 1. The van der Waals surface area contributed by atoms with Crippen molar-refractivity contribution in [3.63, 3.8) is 0 Å². The van der Waals surface area contributed by atoms with Crippen LogP contribution in [0.1, 0.15) is 5.56 Å². The monoisotopic (exact) mass is 309 g/mol. The molecule has 0 aliphatic heterocycles. The molecular weight excluding hydrogens is 294 g/mol. The number of pyridine rings is 1. The van der Waals surface area contributed by atoms with Crippen LogP contribution in [0.2, 0.25) is 0 Å². The standard InChI is InChI=1S/C17H15N3O3/c1-12-6-2-3-7-15(12)23-11-14(21)13(10-18)17(22)20-16-8-4-5-9-19-16/h2-9,13H,11H2,1H3,(H,19,20,22)/t13-/m1/s1. The van der Waals surface area contributed by atoms with Gasteiger partial charge in [-0.05, 0) is 30.7 Å². The third kappa shape index (κ3) is 4.38. The minimum Gasteiger partial charge on any atom is -0.485 e. The van der Waals surface area contributed by atoms with Gasteiger partial charge in [0.25, 0.3) is 5.91 Å². The second kappa shape index (κ2) is 7.71. The predicted octanol–water partition coefficient (Wildman–Crippen LogP) is 2.12. The van der Waals surface area contributed by atoms with Crippen molar-refractivity contribution in [2.24, 2.45) is 5.92 Å². The third-order valence-corrected chi connectivity index (χ3v) is 3.09. The molecule has 1 aromatic carbocycles. The number of ether oxygens (including phenoxy) is 1. The Morgan fingerprint density at radius 2 is 2.00 bits per heavy atom. The minimum absolute atomic E-state index is 0.283. The van der Waals surface area contributed by atoms with Crippen LogP contribution in [0.4, 0.5) is 5.82 Å². The molecule has 116 valence electrons. The van der Waals surface area contributed by atoms with Gasteiger partial charge in [-0.2, -0.15) is 5.26 Å². The van der Waals surface area contributed by atoms with E-state index in [1.165, 1.54) is 6.20 Å². The molecule has 0 aliphatic rings. The van der Waals surface area contributed by atoms with Gasteiger partial charge in [-0.25, -0.2) is 4.98 Å². The molecule has 0 radical (unpaired) electrons. The topological polar surface area (TPSA) is 92.1 Å². The normalized spacial score (nSPS) is 11.1. The fourth-order valence-corrected chi connectivity index (χ4v) is 1.86. The molecule has 1 atom stereocenters. The number of nitrogens with zero attached hydrogens (tertiary/aromatic N) is 2. The second-order valence-electron chi connectivity index (χ2n) is 4.79.